The van der Waals surface area contributed by atoms with E-state index in [0.29, 0.717) is 29.9 Å². The Labute approximate surface area is 267 Å². The number of hydrogen-bond acceptors (Lipinski definition) is 6. The lowest BCUT2D eigenvalue weighted by molar-refractivity contribution is 0.174. The number of hydrogen-bond donors (Lipinski definition) is 0. The summed E-state index contributed by atoms with van der Waals surface area (Å²) >= 11 is 0. The average Bonchev–Trinajstić information content (AvgIpc) is 3.62. The number of nitrogens with zero attached hydrogens (tertiary/aromatic N) is 4. The Morgan fingerprint density at radius 1 is 0.957 bits per heavy atom. The molecule has 2 aromatic heterocycles. The Kier molecular flexibility index (Phi) is 7.56. The second-order valence-electron chi connectivity index (χ2n) is 11.9. The first kappa shape index (κ1) is 29.3. The van der Waals surface area contributed by atoms with Gasteiger partial charge in [-0.05, 0) is 85.8 Å². The lowest BCUT2D eigenvalue weighted by Gasteiger charge is -2.18. The number of para-hydroxylation sites is 2. The van der Waals surface area contributed by atoms with Crippen LogP contribution in [0, 0.1) is 13.8 Å². The summed E-state index contributed by atoms with van der Waals surface area (Å²) in [6.07, 6.45) is 1.79. The topological polar surface area (TPSA) is 79.9 Å². The molecule has 0 spiro atoms. The van der Waals surface area contributed by atoms with Crippen molar-refractivity contribution >= 4 is 28.0 Å². The van der Waals surface area contributed by atoms with Gasteiger partial charge in [-0.3, -0.25) is 4.79 Å². The van der Waals surface area contributed by atoms with Crippen LogP contribution in [-0.2, 0) is 6.54 Å². The van der Waals surface area contributed by atoms with E-state index in [9.17, 15) is 4.79 Å². The Balaban J connectivity index is 1.38. The van der Waals surface area contributed by atoms with Crippen LogP contribution in [0.15, 0.2) is 88.8 Å². The Morgan fingerprint density at radius 3 is 2.52 bits per heavy atom. The summed E-state index contributed by atoms with van der Waals surface area (Å²) in [6.45, 7) is 11.8. The summed E-state index contributed by atoms with van der Waals surface area (Å²) < 4.78 is 20.8. The molecule has 8 nitrogen and oxygen atoms in total. The largest absolute Gasteiger partial charge is 0.494 e. The Hall–Kier alpha value is -5.37. The molecule has 7 rings (SSSR count). The third-order valence-corrected chi connectivity index (χ3v) is 8.63. The van der Waals surface area contributed by atoms with Crippen molar-refractivity contribution in [2.24, 2.45) is 5.10 Å². The van der Waals surface area contributed by atoms with Gasteiger partial charge in [0, 0.05) is 34.3 Å². The normalized spacial score (nSPS) is 12.7. The molecule has 1 aliphatic rings. The highest BCUT2D eigenvalue weighted by Gasteiger charge is 2.20. The van der Waals surface area contributed by atoms with Crippen molar-refractivity contribution < 1.29 is 14.2 Å². The van der Waals surface area contributed by atoms with Gasteiger partial charge in [-0.2, -0.15) is 9.78 Å². The Morgan fingerprint density at radius 2 is 1.72 bits per heavy atom. The highest BCUT2D eigenvalue weighted by Crippen LogP contribution is 2.35. The van der Waals surface area contributed by atoms with E-state index in [2.05, 4.69) is 49.6 Å². The standard InChI is InChI=1S/C38H36N4O4/c1-6-44-35-17-24(4)30(19-29(35)23(2)3)37-40-32-13-9-7-12-28(32)38(43)42(37)39-20-31-25(5)41(33-14-10-8-11-27(31)33)21-26-15-16-34-36(18-26)46-22-45-34/h7-20,23H,6,21-22H2,1-5H3. The molecule has 6 aromatic rings. The van der Waals surface area contributed by atoms with Gasteiger partial charge in [-0.1, -0.05) is 50.2 Å². The summed E-state index contributed by atoms with van der Waals surface area (Å²) in [5, 5.41) is 6.45. The first-order chi connectivity index (χ1) is 22.3. The van der Waals surface area contributed by atoms with Crippen LogP contribution in [0.4, 0.5) is 0 Å². The molecular formula is C38H36N4O4. The van der Waals surface area contributed by atoms with Crippen molar-refractivity contribution in [3.8, 4) is 28.6 Å². The molecule has 1 aliphatic heterocycles. The van der Waals surface area contributed by atoms with Gasteiger partial charge in [0.25, 0.3) is 5.56 Å². The van der Waals surface area contributed by atoms with Crippen LogP contribution in [0.1, 0.15) is 54.6 Å². The minimum Gasteiger partial charge on any atom is -0.494 e. The lowest BCUT2D eigenvalue weighted by Crippen LogP contribution is -2.21. The summed E-state index contributed by atoms with van der Waals surface area (Å²) in [5.74, 6) is 3.07. The van der Waals surface area contributed by atoms with E-state index >= 15 is 0 Å². The summed E-state index contributed by atoms with van der Waals surface area (Å²) in [6, 6.07) is 25.9. The zero-order chi connectivity index (χ0) is 31.9. The minimum absolute atomic E-state index is 0.212. The molecule has 4 aromatic carbocycles. The van der Waals surface area contributed by atoms with Crippen LogP contribution in [0.2, 0.25) is 0 Å². The smallest absolute Gasteiger partial charge is 0.282 e. The molecule has 0 saturated carbocycles. The van der Waals surface area contributed by atoms with Gasteiger partial charge in [0.1, 0.15) is 5.75 Å². The van der Waals surface area contributed by atoms with Gasteiger partial charge >= 0.3 is 0 Å². The van der Waals surface area contributed by atoms with Crippen molar-refractivity contribution in [3.05, 3.63) is 117 Å². The summed E-state index contributed by atoms with van der Waals surface area (Å²) in [4.78, 5) is 19.1. The quantitative estimate of drug-likeness (QED) is 0.164. The number of fused-ring (bicyclic) bond motifs is 3. The van der Waals surface area contributed by atoms with Crippen LogP contribution < -0.4 is 19.8 Å². The fourth-order valence-electron chi connectivity index (χ4n) is 6.24. The van der Waals surface area contributed by atoms with Crippen LogP contribution in [-0.4, -0.2) is 33.8 Å². The molecule has 0 amide bonds. The van der Waals surface area contributed by atoms with Crippen LogP contribution in [0.25, 0.3) is 33.2 Å². The molecule has 0 aliphatic carbocycles. The first-order valence-electron chi connectivity index (χ1n) is 15.6. The lowest BCUT2D eigenvalue weighted by atomic mass is 9.96. The Bertz CT molecular complexity index is 2210. The van der Waals surface area contributed by atoms with Crippen LogP contribution in [0.3, 0.4) is 0 Å². The maximum Gasteiger partial charge on any atom is 0.282 e. The predicted molar refractivity (Wildman–Crippen MR) is 183 cm³/mol. The van der Waals surface area contributed by atoms with E-state index in [-0.39, 0.29) is 18.3 Å². The van der Waals surface area contributed by atoms with Gasteiger partial charge in [-0.25, -0.2) is 4.98 Å². The van der Waals surface area contributed by atoms with Crippen molar-refractivity contribution in [3.63, 3.8) is 0 Å². The van der Waals surface area contributed by atoms with Gasteiger partial charge in [0.15, 0.2) is 17.3 Å². The molecule has 0 radical (unpaired) electrons. The third-order valence-electron chi connectivity index (χ3n) is 8.63. The van der Waals surface area contributed by atoms with E-state index in [1.54, 1.807) is 12.3 Å². The molecular weight excluding hydrogens is 576 g/mol. The third kappa shape index (κ3) is 5.09. The summed E-state index contributed by atoms with van der Waals surface area (Å²) in [5.41, 5.74) is 7.40. The zero-order valence-corrected chi connectivity index (χ0v) is 26.7. The van der Waals surface area contributed by atoms with Gasteiger partial charge in [0.05, 0.1) is 23.7 Å². The number of rotatable bonds is 8. The monoisotopic (exact) mass is 612 g/mol. The second kappa shape index (κ2) is 11.9. The molecule has 0 fully saturated rings. The van der Waals surface area contributed by atoms with Crippen LogP contribution >= 0.6 is 0 Å². The molecule has 46 heavy (non-hydrogen) atoms. The van der Waals surface area contributed by atoms with Gasteiger partial charge < -0.3 is 18.8 Å². The second-order valence-corrected chi connectivity index (χ2v) is 11.9. The molecule has 0 N–H and O–H groups in total. The number of aromatic nitrogens is 3. The van der Waals surface area contributed by atoms with E-state index in [1.165, 1.54) is 4.68 Å². The molecule has 232 valence electrons. The van der Waals surface area contributed by atoms with E-state index in [1.807, 2.05) is 62.4 Å². The molecule has 0 bridgehead atoms. The van der Waals surface area contributed by atoms with Gasteiger partial charge in [0.2, 0.25) is 6.79 Å². The molecule has 0 saturated heterocycles. The maximum atomic E-state index is 14.1. The molecule has 8 heteroatoms. The van der Waals surface area contributed by atoms with Gasteiger partial charge in [-0.15, -0.1) is 0 Å². The van der Waals surface area contributed by atoms with Crippen molar-refractivity contribution in [2.45, 2.75) is 47.1 Å². The predicted octanol–water partition coefficient (Wildman–Crippen LogP) is 7.82. The fraction of sp³-hybridized carbons (Fsp3) is 0.237. The van der Waals surface area contributed by atoms with Crippen molar-refractivity contribution in [1.29, 1.82) is 0 Å². The SMILES string of the molecule is CCOc1cc(C)c(-c2nc3ccccc3c(=O)n2N=Cc2c(C)n(Cc3ccc4c(c3)OCO4)c3ccccc23)cc1C(C)C. The number of ether oxygens (including phenoxy) is 3. The fourth-order valence-corrected chi connectivity index (χ4v) is 6.24. The van der Waals surface area contributed by atoms with E-state index in [4.69, 9.17) is 24.3 Å². The average molecular weight is 613 g/mol. The molecule has 0 unspecified atom stereocenters. The van der Waals surface area contributed by atoms with Crippen molar-refractivity contribution in [1.82, 2.24) is 14.2 Å². The van der Waals surface area contributed by atoms with E-state index < -0.39 is 0 Å². The number of benzene rings is 4. The zero-order valence-electron chi connectivity index (χ0n) is 26.7. The van der Waals surface area contributed by atoms with E-state index in [0.717, 1.165) is 61.7 Å². The highest BCUT2D eigenvalue weighted by molar-refractivity contribution is 6.01. The van der Waals surface area contributed by atoms with Crippen LogP contribution in [0.5, 0.6) is 17.2 Å². The number of aryl methyl sites for hydroxylation is 1. The highest BCUT2D eigenvalue weighted by atomic mass is 16.7. The first-order valence-corrected chi connectivity index (χ1v) is 15.6. The molecule has 0 atom stereocenters. The molecule has 3 heterocycles. The van der Waals surface area contributed by atoms with Crippen molar-refractivity contribution in [2.75, 3.05) is 13.4 Å². The summed E-state index contributed by atoms with van der Waals surface area (Å²) in [7, 11) is 0. The maximum absolute atomic E-state index is 14.1. The minimum atomic E-state index is -0.224.